The number of amides is 1. The van der Waals surface area contributed by atoms with Crippen LogP contribution >= 0.6 is 11.6 Å². The zero-order valence-electron chi connectivity index (χ0n) is 12.2. The number of benzene rings is 1. The number of nitrogens with zero attached hydrogens (tertiary/aromatic N) is 2. The topological polar surface area (TPSA) is 65.8 Å². The van der Waals surface area contributed by atoms with E-state index < -0.39 is 5.91 Å². The van der Waals surface area contributed by atoms with E-state index in [-0.39, 0.29) is 5.57 Å². The summed E-state index contributed by atoms with van der Waals surface area (Å²) >= 11 is 5.79. The molecule has 1 amide bonds. The second-order valence-electron chi connectivity index (χ2n) is 4.60. The molecule has 2 aromatic rings. The van der Waals surface area contributed by atoms with Crippen LogP contribution in [0.5, 0.6) is 0 Å². The van der Waals surface area contributed by atoms with Crippen molar-refractivity contribution in [2.75, 3.05) is 0 Å². The predicted octanol–water partition coefficient (Wildman–Crippen LogP) is 3.51. The fourth-order valence-electron chi connectivity index (χ4n) is 1.80. The van der Waals surface area contributed by atoms with Crippen molar-refractivity contribution in [2.24, 2.45) is 0 Å². The quantitative estimate of drug-likeness (QED) is 0.396. The molecule has 5 heteroatoms. The Hall–Kier alpha value is -2.90. The fourth-order valence-corrected chi connectivity index (χ4v) is 1.97. The van der Waals surface area contributed by atoms with Crippen molar-refractivity contribution in [2.45, 2.75) is 6.54 Å². The van der Waals surface area contributed by atoms with Crippen molar-refractivity contribution in [3.05, 3.63) is 82.7 Å². The number of allylic oxidation sites excluding steroid dienone is 2. The highest BCUT2D eigenvalue weighted by molar-refractivity contribution is 6.29. The predicted molar refractivity (Wildman–Crippen MR) is 90.3 cm³/mol. The summed E-state index contributed by atoms with van der Waals surface area (Å²) in [5, 5.41) is 12.2. The average Bonchev–Trinajstić information content (AvgIpc) is 2.57. The average molecular weight is 324 g/mol. The molecule has 0 aliphatic carbocycles. The first-order valence-corrected chi connectivity index (χ1v) is 7.30. The molecule has 0 radical (unpaired) electrons. The second kappa shape index (κ2) is 8.52. The highest BCUT2D eigenvalue weighted by Crippen LogP contribution is 2.07. The van der Waals surface area contributed by atoms with E-state index in [0.29, 0.717) is 17.4 Å². The third-order valence-electron chi connectivity index (χ3n) is 2.93. The lowest BCUT2D eigenvalue weighted by Crippen LogP contribution is -2.23. The summed E-state index contributed by atoms with van der Waals surface area (Å²) in [6, 6.07) is 16.6. The molecule has 4 nitrogen and oxygen atoms in total. The highest BCUT2D eigenvalue weighted by atomic mass is 35.5. The monoisotopic (exact) mass is 323 g/mol. The molecule has 0 saturated carbocycles. The minimum atomic E-state index is -0.417. The van der Waals surface area contributed by atoms with Crippen molar-refractivity contribution in [1.82, 2.24) is 10.3 Å². The number of nitrogens with one attached hydrogen (secondary N) is 1. The van der Waals surface area contributed by atoms with Crippen molar-refractivity contribution in [3.63, 3.8) is 0 Å². The van der Waals surface area contributed by atoms with Crippen LogP contribution < -0.4 is 5.32 Å². The van der Waals surface area contributed by atoms with Crippen molar-refractivity contribution in [3.8, 4) is 6.07 Å². The Morgan fingerprint density at radius 2 is 2.00 bits per heavy atom. The van der Waals surface area contributed by atoms with Crippen LogP contribution in [0.25, 0.3) is 6.08 Å². The molecule has 2 rings (SSSR count). The zero-order valence-corrected chi connectivity index (χ0v) is 13.0. The van der Waals surface area contributed by atoms with Crippen LogP contribution in [0.1, 0.15) is 11.3 Å². The van der Waals surface area contributed by atoms with E-state index in [9.17, 15) is 4.79 Å². The van der Waals surface area contributed by atoms with E-state index in [0.717, 1.165) is 5.56 Å². The Morgan fingerprint density at radius 1 is 1.22 bits per heavy atom. The van der Waals surface area contributed by atoms with Gasteiger partial charge in [0.05, 0.1) is 5.69 Å². The molecule has 0 saturated heterocycles. The smallest absolute Gasteiger partial charge is 0.262 e. The molecular formula is C18H14ClN3O. The fraction of sp³-hybridized carbons (Fsp3) is 0.0556. The summed E-state index contributed by atoms with van der Waals surface area (Å²) < 4.78 is 0. The molecule has 1 heterocycles. The highest BCUT2D eigenvalue weighted by Gasteiger charge is 2.06. The third kappa shape index (κ3) is 5.42. The maximum Gasteiger partial charge on any atom is 0.262 e. The van der Waals surface area contributed by atoms with Gasteiger partial charge in [0, 0.05) is 6.54 Å². The molecule has 0 aliphatic rings. The van der Waals surface area contributed by atoms with Crippen LogP contribution in [0.4, 0.5) is 0 Å². The van der Waals surface area contributed by atoms with Gasteiger partial charge < -0.3 is 5.32 Å². The van der Waals surface area contributed by atoms with Gasteiger partial charge in [0.15, 0.2) is 0 Å². The largest absolute Gasteiger partial charge is 0.347 e. The van der Waals surface area contributed by atoms with Gasteiger partial charge in [0.1, 0.15) is 16.8 Å². The van der Waals surface area contributed by atoms with Gasteiger partial charge >= 0.3 is 0 Å². The molecule has 0 fully saturated rings. The standard InChI is InChI=1S/C18H14ClN3O/c19-17-11-5-10-16(22-17)9-4-8-15(12-20)18(23)21-13-14-6-2-1-3-7-14/h1-11H,13H2,(H,21,23). The maximum atomic E-state index is 12.0. The van der Waals surface area contributed by atoms with Gasteiger partial charge in [-0.15, -0.1) is 0 Å². The van der Waals surface area contributed by atoms with Crippen molar-refractivity contribution >= 4 is 23.6 Å². The summed E-state index contributed by atoms with van der Waals surface area (Å²) in [6.45, 7) is 0.373. The number of pyridine rings is 1. The number of halogens is 1. The van der Waals surface area contributed by atoms with E-state index in [4.69, 9.17) is 16.9 Å². The number of hydrogen-bond donors (Lipinski definition) is 1. The van der Waals surface area contributed by atoms with Crippen LogP contribution in [0, 0.1) is 11.3 Å². The SMILES string of the molecule is N#CC(=CC=Cc1cccc(Cl)n1)C(=O)NCc1ccccc1. The number of aromatic nitrogens is 1. The van der Waals surface area contributed by atoms with Crippen LogP contribution in [-0.4, -0.2) is 10.9 Å². The number of hydrogen-bond acceptors (Lipinski definition) is 3. The van der Waals surface area contributed by atoms with E-state index in [1.807, 2.05) is 36.4 Å². The molecule has 114 valence electrons. The summed E-state index contributed by atoms with van der Waals surface area (Å²) in [6.07, 6.45) is 4.72. The van der Waals surface area contributed by atoms with Crippen LogP contribution in [0.15, 0.2) is 66.3 Å². The molecule has 1 aromatic carbocycles. The van der Waals surface area contributed by atoms with Gasteiger partial charge in [-0.3, -0.25) is 4.79 Å². The second-order valence-corrected chi connectivity index (χ2v) is 4.99. The van der Waals surface area contributed by atoms with E-state index in [1.165, 1.54) is 6.08 Å². The normalized spacial score (nSPS) is 11.2. The van der Waals surface area contributed by atoms with Gasteiger partial charge in [0.25, 0.3) is 5.91 Å². The van der Waals surface area contributed by atoms with Gasteiger partial charge in [-0.2, -0.15) is 5.26 Å². The molecular weight excluding hydrogens is 310 g/mol. The molecule has 0 unspecified atom stereocenters. The maximum absolute atomic E-state index is 12.0. The zero-order chi connectivity index (χ0) is 16.5. The van der Waals surface area contributed by atoms with Gasteiger partial charge in [-0.25, -0.2) is 4.98 Å². The molecule has 0 atom stereocenters. The van der Waals surface area contributed by atoms with Crippen LogP contribution in [0.2, 0.25) is 5.15 Å². The Morgan fingerprint density at radius 3 is 2.70 bits per heavy atom. The molecule has 0 spiro atoms. The molecule has 1 N–H and O–H groups in total. The Kier molecular flexibility index (Phi) is 6.10. The lowest BCUT2D eigenvalue weighted by atomic mass is 10.2. The van der Waals surface area contributed by atoms with Crippen molar-refractivity contribution in [1.29, 1.82) is 5.26 Å². The van der Waals surface area contributed by atoms with E-state index >= 15 is 0 Å². The van der Waals surface area contributed by atoms with Crippen LogP contribution in [-0.2, 0) is 11.3 Å². The van der Waals surface area contributed by atoms with E-state index in [1.54, 1.807) is 30.4 Å². The minimum absolute atomic E-state index is 0.0270. The number of rotatable bonds is 5. The molecule has 1 aromatic heterocycles. The summed E-state index contributed by atoms with van der Waals surface area (Å²) in [7, 11) is 0. The third-order valence-corrected chi connectivity index (χ3v) is 3.14. The summed E-state index contributed by atoms with van der Waals surface area (Å²) in [5.74, 6) is -0.417. The Labute approximate surface area is 139 Å². The minimum Gasteiger partial charge on any atom is -0.347 e. The van der Waals surface area contributed by atoms with Crippen LogP contribution in [0.3, 0.4) is 0 Å². The van der Waals surface area contributed by atoms with Gasteiger partial charge in [-0.1, -0.05) is 54.1 Å². The number of nitriles is 1. The first kappa shape index (κ1) is 16.5. The lowest BCUT2D eigenvalue weighted by Gasteiger charge is -2.03. The Balaban J connectivity index is 1.98. The van der Waals surface area contributed by atoms with Crippen molar-refractivity contribution < 1.29 is 4.79 Å². The molecule has 0 aliphatic heterocycles. The first-order chi connectivity index (χ1) is 11.2. The summed E-state index contributed by atoms with van der Waals surface area (Å²) in [4.78, 5) is 16.1. The Bertz CT molecular complexity index is 776. The molecule has 0 bridgehead atoms. The van der Waals surface area contributed by atoms with Gasteiger partial charge in [0.2, 0.25) is 0 Å². The molecule has 23 heavy (non-hydrogen) atoms. The number of carbonyl (C=O) groups excluding carboxylic acids is 1. The van der Waals surface area contributed by atoms with Gasteiger partial charge in [-0.05, 0) is 29.8 Å². The lowest BCUT2D eigenvalue weighted by molar-refractivity contribution is -0.117. The number of carbonyl (C=O) groups is 1. The summed E-state index contributed by atoms with van der Waals surface area (Å²) in [5.41, 5.74) is 1.65. The first-order valence-electron chi connectivity index (χ1n) is 6.92. The van der Waals surface area contributed by atoms with E-state index in [2.05, 4.69) is 10.3 Å².